The summed E-state index contributed by atoms with van der Waals surface area (Å²) in [6.45, 7) is 4.45. The molecule has 0 bridgehead atoms. The van der Waals surface area contributed by atoms with Crippen LogP contribution < -0.4 is 5.32 Å². The lowest BCUT2D eigenvalue weighted by molar-refractivity contribution is -0.116. The van der Waals surface area contributed by atoms with E-state index >= 15 is 0 Å². The van der Waals surface area contributed by atoms with Gasteiger partial charge in [-0.1, -0.05) is 0 Å². The molecule has 102 valence electrons. The van der Waals surface area contributed by atoms with Crippen LogP contribution in [-0.2, 0) is 18.4 Å². The van der Waals surface area contributed by atoms with Gasteiger partial charge in [0.15, 0.2) is 0 Å². The van der Waals surface area contributed by atoms with Gasteiger partial charge in [0.1, 0.15) is 0 Å². The fraction of sp³-hybridized carbons (Fsp3) is 0.417. The lowest BCUT2D eigenvalue weighted by Gasteiger charge is -2.04. The minimum absolute atomic E-state index is 0.0285. The van der Waals surface area contributed by atoms with Crippen LogP contribution in [0.5, 0.6) is 0 Å². The van der Waals surface area contributed by atoms with Crippen molar-refractivity contribution in [3.05, 3.63) is 27.4 Å². The summed E-state index contributed by atoms with van der Waals surface area (Å²) >= 11 is 2.23. The summed E-state index contributed by atoms with van der Waals surface area (Å²) in [6, 6.07) is 0. The number of hydrogen-bond acceptors (Lipinski definition) is 3. The Kier molecular flexibility index (Phi) is 4.23. The molecule has 0 aliphatic heterocycles. The Morgan fingerprint density at radius 2 is 2.21 bits per heavy atom. The third kappa shape index (κ3) is 3.34. The van der Waals surface area contributed by atoms with Crippen molar-refractivity contribution in [3.63, 3.8) is 0 Å². The molecule has 2 heterocycles. The molecule has 1 amide bonds. The molecule has 0 saturated carbocycles. The maximum atomic E-state index is 11.8. The van der Waals surface area contributed by atoms with Crippen LogP contribution in [0.3, 0.4) is 0 Å². The second-order valence-corrected chi connectivity index (χ2v) is 5.55. The molecule has 2 aromatic rings. The number of rotatable bonds is 4. The highest BCUT2D eigenvalue weighted by molar-refractivity contribution is 14.1. The van der Waals surface area contributed by atoms with Crippen molar-refractivity contribution in [2.75, 3.05) is 5.32 Å². The molecule has 6 nitrogen and oxygen atoms in total. The Bertz CT molecular complexity index is 582. The molecule has 0 radical (unpaired) electrons. The van der Waals surface area contributed by atoms with Crippen molar-refractivity contribution in [2.24, 2.45) is 7.05 Å². The van der Waals surface area contributed by atoms with E-state index in [4.69, 9.17) is 0 Å². The molecular formula is C12H16IN5O. The number of aromatic nitrogens is 4. The molecule has 7 heteroatoms. The number of aryl methyl sites for hydroxylation is 3. The van der Waals surface area contributed by atoms with Crippen LogP contribution >= 0.6 is 22.6 Å². The van der Waals surface area contributed by atoms with Crippen molar-refractivity contribution in [2.45, 2.75) is 26.8 Å². The van der Waals surface area contributed by atoms with E-state index in [-0.39, 0.29) is 5.91 Å². The molecule has 19 heavy (non-hydrogen) atoms. The minimum Gasteiger partial charge on any atom is -0.323 e. The largest absolute Gasteiger partial charge is 0.323 e. The average molecular weight is 373 g/mol. The number of hydrogen-bond donors (Lipinski definition) is 1. The summed E-state index contributed by atoms with van der Waals surface area (Å²) in [6.07, 6.45) is 4.00. The van der Waals surface area contributed by atoms with Gasteiger partial charge in [0.2, 0.25) is 5.91 Å². The highest BCUT2D eigenvalue weighted by Crippen LogP contribution is 2.13. The quantitative estimate of drug-likeness (QED) is 0.833. The average Bonchev–Trinajstić information content (AvgIpc) is 2.84. The third-order valence-corrected chi connectivity index (χ3v) is 4.02. The van der Waals surface area contributed by atoms with E-state index in [9.17, 15) is 4.79 Å². The summed E-state index contributed by atoms with van der Waals surface area (Å²) in [7, 11) is 1.85. The Labute approximate surface area is 125 Å². The van der Waals surface area contributed by atoms with E-state index in [1.165, 1.54) is 0 Å². The number of anilines is 1. The zero-order valence-electron chi connectivity index (χ0n) is 11.1. The highest BCUT2D eigenvalue weighted by atomic mass is 127. The van der Waals surface area contributed by atoms with E-state index in [0.717, 1.165) is 20.6 Å². The van der Waals surface area contributed by atoms with E-state index in [2.05, 4.69) is 38.1 Å². The minimum atomic E-state index is -0.0285. The van der Waals surface area contributed by atoms with Crippen molar-refractivity contribution in [3.8, 4) is 0 Å². The smallest absolute Gasteiger partial charge is 0.226 e. The molecule has 0 aliphatic carbocycles. The lowest BCUT2D eigenvalue weighted by Crippen LogP contribution is -2.15. The summed E-state index contributed by atoms with van der Waals surface area (Å²) in [4.78, 5) is 11.8. The van der Waals surface area contributed by atoms with Gasteiger partial charge in [-0.15, -0.1) is 0 Å². The van der Waals surface area contributed by atoms with Crippen LogP contribution in [0.1, 0.15) is 17.8 Å². The summed E-state index contributed by atoms with van der Waals surface area (Å²) < 4.78 is 4.64. The van der Waals surface area contributed by atoms with Gasteiger partial charge in [-0.05, 0) is 36.4 Å². The van der Waals surface area contributed by atoms with Gasteiger partial charge in [-0.25, -0.2) is 0 Å². The molecule has 0 spiro atoms. The number of carbonyl (C=O) groups excluding carboxylic acids is 1. The van der Waals surface area contributed by atoms with Gasteiger partial charge < -0.3 is 5.32 Å². The van der Waals surface area contributed by atoms with Crippen LogP contribution in [-0.4, -0.2) is 25.5 Å². The first-order valence-corrected chi connectivity index (χ1v) is 7.03. The molecule has 2 rings (SSSR count). The van der Waals surface area contributed by atoms with E-state index in [0.29, 0.717) is 13.0 Å². The van der Waals surface area contributed by atoms with Crippen molar-refractivity contribution in [1.29, 1.82) is 0 Å². The first-order chi connectivity index (χ1) is 8.97. The van der Waals surface area contributed by atoms with Crippen LogP contribution in [0.4, 0.5) is 5.69 Å². The van der Waals surface area contributed by atoms with Crippen LogP contribution in [0, 0.1) is 17.4 Å². The molecule has 0 fully saturated rings. The third-order valence-electron chi connectivity index (χ3n) is 2.96. The number of nitrogens with one attached hydrogen (secondary N) is 1. The molecule has 0 unspecified atom stereocenters. The maximum Gasteiger partial charge on any atom is 0.226 e. The van der Waals surface area contributed by atoms with Crippen LogP contribution in [0.25, 0.3) is 0 Å². The lowest BCUT2D eigenvalue weighted by atomic mass is 10.3. The Morgan fingerprint density at radius 3 is 2.74 bits per heavy atom. The standard InChI is InChI=1S/C12H16IN5O/c1-8-10(13)7-18(16-8)5-4-12(19)15-11-6-14-17(3)9(11)2/h6-7H,4-5H2,1-3H3,(H,15,19). The zero-order valence-corrected chi connectivity index (χ0v) is 13.3. The van der Waals surface area contributed by atoms with Gasteiger partial charge >= 0.3 is 0 Å². The molecule has 2 aromatic heterocycles. The second-order valence-electron chi connectivity index (χ2n) is 4.39. The van der Waals surface area contributed by atoms with Crippen LogP contribution in [0.2, 0.25) is 0 Å². The zero-order chi connectivity index (χ0) is 14.0. The molecule has 0 atom stereocenters. The summed E-state index contributed by atoms with van der Waals surface area (Å²) in [5.41, 5.74) is 2.70. The number of carbonyl (C=O) groups is 1. The SMILES string of the molecule is Cc1nn(CCC(=O)Nc2cnn(C)c2C)cc1I. The highest BCUT2D eigenvalue weighted by Gasteiger charge is 2.09. The van der Waals surface area contributed by atoms with Gasteiger partial charge in [0.25, 0.3) is 0 Å². The molecule has 1 N–H and O–H groups in total. The Balaban J connectivity index is 1.90. The van der Waals surface area contributed by atoms with Gasteiger partial charge in [-0.2, -0.15) is 10.2 Å². The molecule has 0 aromatic carbocycles. The number of halogens is 1. The first-order valence-electron chi connectivity index (χ1n) is 5.95. The van der Waals surface area contributed by atoms with Crippen LogP contribution in [0.15, 0.2) is 12.4 Å². The number of nitrogens with zero attached hydrogens (tertiary/aromatic N) is 4. The Morgan fingerprint density at radius 1 is 1.47 bits per heavy atom. The van der Waals surface area contributed by atoms with Gasteiger partial charge in [0.05, 0.1) is 26.8 Å². The van der Waals surface area contributed by atoms with Crippen molar-refractivity contribution in [1.82, 2.24) is 19.6 Å². The predicted molar refractivity (Wildman–Crippen MR) is 80.9 cm³/mol. The monoisotopic (exact) mass is 373 g/mol. The fourth-order valence-electron chi connectivity index (χ4n) is 1.66. The van der Waals surface area contributed by atoms with E-state index < -0.39 is 0 Å². The van der Waals surface area contributed by atoms with Crippen molar-refractivity contribution >= 4 is 34.2 Å². The normalized spacial score (nSPS) is 10.7. The first kappa shape index (κ1) is 14.0. The summed E-state index contributed by atoms with van der Waals surface area (Å²) in [5.74, 6) is -0.0285. The second kappa shape index (κ2) is 5.72. The molecule has 0 saturated heterocycles. The topological polar surface area (TPSA) is 64.7 Å². The number of amides is 1. The summed E-state index contributed by atoms with van der Waals surface area (Å²) in [5, 5.41) is 11.3. The Hall–Kier alpha value is -1.38. The van der Waals surface area contributed by atoms with E-state index in [1.54, 1.807) is 15.6 Å². The molecular weight excluding hydrogens is 357 g/mol. The van der Waals surface area contributed by atoms with Gasteiger partial charge in [-0.3, -0.25) is 14.2 Å². The predicted octanol–water partition coefficient (Wildman–Crippen LogP) is 1.87. The molecule has 0 aliphatic rings. The van der Waals surface area contributed by atoms with Gasteiger partial charge in [0, 0.05) is 26.2 Å². The maximum absolute atomic E-state index is 11.8. The fourth-order valence-corrected chi connectivity index (χ4v) is 2.09. The van der Waals surface area contributed by atoms with E-state index in [1.807, 2.05) is 27.1 Å². The van der Waals surface area contributed by atoms with Crippen molar-refractivity contribution < 1.29 is 4.79 Å².